The van der Waals surface area contributed by atoms with E-state index >= 15 is 0 Å². The summed E-state index contributed by atoms with van der Waals surface area (Å²) in [6, 6.07) is 15.8. The molecule has 0 aromatic heterocycles. The van der Waals surface area contributed by atoms with Gasteiger partial charge in [0.1, 0.15) is 11.6 Å². The van der Waals surface area contributed by atoms with Crippen molar-refractivity contribution in [2.24, 2.45) is 0 Å². The van der Waals surface area contributed by atoms with Crippen LogP contribution in [0.4, 0.5) is 5.69 Å². The number of aryl methyl sites for hydroxylation is 3. The Morgan fingerprint density at radius 1 is 1.12 bits per heavy atom. The second-order valence-corrected chi connectivity index (χ2v) is 5.81. The van der Waals surface area contributed by atoms with Crippen molar-refractivity contribution in [2.45, 2.75) is 27.3 Å². The van der Waals surface area contributed by atoms with Crippen LogP contribution in [0.25, 0.3) is 0 Å². The molecule has 0 saturated carbocycles. The second kappa shape index (κ2) is 7.98. The van der Waals surface area contributed by atoms with Gasteiger partial charge >= 0.3 is 0 Å². The summed E-state index contributed by atoms with van der Waals surface area (Å²) in [4.78, 5) is 12.2. The molecule has 4 heteroatoms. The van der Waals surface area contributed by atoms with Gasteiger partial charge in [-0.05, 0) is 38.0 Å². The van der Waals surface area contributed by atoms with E-state index in [2.05, 4.69) is 16.7 Å². The number of nitrogens with one attached hydrogen (secondary N) is 2. The van der Waals surface area contributed by atoms with Gasteiger partial charge in [0.25, 0.3) is 5.91 Å². The Morgan fingerprint density at radius 3 is 2.54 bits per heavy atom. The Hall–Kier alpha value is -3.06. The van der Waals surface area contributed by atoms with Crippen LogP contribution in [0.5, 0.6) is 0 Å². The molecule has 1 amide bonds. The summed E-state index contributed by atoms with van der Waals surface area (Å²) in [5.41, 5.74) is 5.12. The first kappa shape index (κ1) is 17.3. The predicted octanol–water partition coefficient (Wildman–Crippen LogP) is 3.75. The SMILES string of the molecule is Cc1cccc(CN/C=C(/C#N)C(=O)Nc2ccc(C)cc2C)c1. The van der Waals surface area contributed by atoms with Gasteiger partial charge in [-0.1, -0.05) is 47.5 Å². The monoisotopic (exact) mass is 319 g/mol. The number of carbonyl (C=O) groups excluding carboxylic acids is 1. The van der Waals surface area contributed by atoms with Crippen LogP contribution in [-0.4, -0.2) is 5.91 Å². The highest BCUT2D eigenvalue weighted by Gasteiger charge is 2.10. The predicted molar refractivity (Wildman–Crippen MR) is 96.3 cm³/mol. The highest BCUT2D eigenvalue weighted by Crippen LogP contribution is 2.16. The number of nitriles is 1. The molecule has 24 heavy (non-hydrogen) atoms. The standard InChI is InChI=1S/C20H21N3O/c1-14-5-4-6-17(10-14)12-22-13-18(11-21)20(24)23-19-8-7-15(2)9-16(19)3/h4-10,13,22H,12H2,1-3H3,(H,23,24)/b18-13-. The first-order chi connectivity index (χ1) is 11.5. The van der Waals surface area contributed by atoms with E-state index in [-0.39, 0.29) is 5.57 Å². The minimum absolute atomic E-state index is 0.0441. The third kappa shape index (κ3) is 4.72. The van der Waals surface area contributed by atoms with Gasteiger partial charge < -0.3 is 10.6 Å². The zero-order valence-electron chi connectivity index (χ0n) is 14.2. The quantitative estimate of drug-likeness (QED) is 0.651. The Balaban J connectivity index is 2.01. The van der Waals surface area contributed by atoms with E-state index in [1.54, 1.807) is 0 Å². The summed E-state index contributed by atoms with van der Waals surface area (Å²) >= 11 is 0. The second-order valence-electron chi connectivity index (χ2n) is 5.81. The summed E-state index contributed by atoms with van der Waals surface area (Å²) in [5.74, 6) is -0.416. The molecule has 0 aliphatic carbocycles. The molecule has 2 N–H and O–H groups in total. The topological polar surface area (TPSA) is 64.9 Å². The van der Waals surface area contributed by atoms with Gasteiger partial charge in [-0.3, -0.25) is 4.79 Å². The number of anilines is 1. The molecule has 2 aromatic carbocycles. The van der Waals surface area contributed by atoms with E-state index < -0.39 is 5.91 Å². The molecular formula is C20H21N3O. The van der Waals surface area contributed by atoms with Gasteiger partial charge in [0, 0.05) is 18.4 Å². The van der Waals surface area contributed by atoms with Crippen LogP contribution >= 0.6 is 0 Å². The van der Waals surface area contributed by atoms with Crippen LogP contribution in [-0.2, 0) is 11.3 Å². The average Bonchev–Trinajstić information content (AvgIpc) is 2.54. The maximum absolute atomic E-state index is 12.2. The average molecular weight is 319 g/mol. The van der Waals surface area contributed by atoms with Crippen molar-refractivity contribution in [3.05, 3.63) is 76.5 Å². The van der Waals surface area contributed by atoms with Crippen molar-refractivity contribution in [2.75, 3.05) is 5.32 Å². The van der Waals surface area contributed by atoms with E-state index in [9.17, 15) is 10.1 Å². The number of hydrogen-bond acceptors (Lipinski definition) is 3. The minimum Gasteiger partial charge on any atom is -0.386 e. The molecule has 0 spiro atoms. The van der Waals surface area contributed by atoms with Crippen LogP contribution in [0.3, 0.4) is 0 Å². The Kier molecular flexibility index (Phi) is 5.75. The van der Waals surface area contributed by atoms with Crippen LogP contribution in [0.15, 0.2) is 54.2 Å². The van der Waals surface area contributed by atoms with Crippen molar-refractivity contribution in [1.29, 1.82) is 5.26 Å². The molecule has 0 radical (unpaired) electrons. The lowest BCUT2D eigenvalue weighted by molar-refractivity contribution is -0.112. The molecule has 0 atom stereocenters. The van der Waals surface area contributed by atoms with Gasteiger partial charge in [-0.15, -0.1) is 0 Å². The molecule has 122 valence electrons. The van der Waals surface area contributed by atoms with E-state index in [1.807, 2.05) is 63.2 Å². The van der Waals surface area contributed by atoms with Crippen LogP contribution in [0.2, 0.25) is 0 Å². The lowest BCUT2D eigenvalue weighted by Gasteiger charge is -2.09. The molecule has 0 unspecified atom stereocenters. The first-order valence-electron chi connectivity index (χ1n) is 7.77. The van der Waals surface area contributed by atoms with Gasteiger partial charge in [-0.25, -0.2) is 0 Å². The number of amides is 1. The molecule has 0 aliphatic heterocycles. The third-order valence-corrected chi connectivity index (χ3v) is 3.63. The Bertz CT molecular complexity index is 816. The van der Waals surface area contributed by atoms with Crippen molar-refractivity contribution in [1.82, 2.24) is 5.32 Å². The van der Waals surface area contributed by atoms with Gasteiger partial charge in [0.2, 0.25) is 0 Å². The summed E-state index contributed by atoms with van der Waals surface area (Å²) in [6.07, 6.45) is 1.46. The summed E-state index contributed by atoms with van der Waals surface area (Å²) in [7, 11) is 0. The fraction of sp³-hybridized carbons (Fsp3) is 0.200. The molecule has 0 aliphatic rings. The summed E-state index contributed by atoms with van der Waals surface area (Å²) < 4.78 is 0. The number of carbonyl (C=O) groups is 1. The Morgan fingerprint density at radius 2 is 1.88 bits per heavy atom. The lowest BCUT2D eigenvalue weighted by atomic mass is 10.1. The molecular weight excluding hydrogens is 298 g/mol. The van der Waals surface area contributed by atoms with Crippen molar-refractivity contribution in [3.8, 4) is 6.07 Å². The first-order valence-corrected chi connectivity index (χ1v) is 7.77. The molecule has 2 aromatic rings. The van der Waals surface area contributed by atoms with E-state index in [0.29, 0.717) is 12.2 Å². The van der Waals surface area contributed by atoms with Crippen LogP contribution in [0, 0.1) is 32.1 Å². The van der Waals surface area contributed by atoms with Crippen molar-refractivity contribution < 1.29 is 4.79 Å². The Labute approximate surface area is 142 Å². The van der Waals surface area contributed by atoms with E-state index in [4.69, 9.17) is 0 Å². The molecule has 4 nitrogen and oxygen atoms in total. The lowest BCUT2D eigenvalue weighted by Crippen LogP contribution is -2.17. The van der Waals surface area contributed by atoms with E-state index in [1.165, 1.54) is 11.8 Å². The van der Waals surface area contributed by atoms with E-state index in [0.717, 1.165) is 16.7 Å². The zero-order valence-corrected chi connectivity index (χ0v) is 14.2. The highest BCUT2D eigenvalue weighted by atomic mass is 16.1. The van der Waals surface area contributed by atoms with Crippen molar-refractivity contribution in [3.63, 3.8) is 0 Å². The third-order valence-electron chi connectivity index (χ3n) is 3.63. The molecule has 0 saturated heterocycles. The van der Waals surface area contributed by atoms with Gasteiger partial charge in [0.15, 0.2) is 0 Å². The highest BCUT2D eigenvalue weighted by molar-refractivity contribution is 6.06. The van der Waals surface area contributed by atoms with Gasteiger partial charge in [0.05, 0.1) is 0 Å². The fourth-order valence-corrected chi connectivity index (χ4v) is 2.39. The molecule has 2 rings (SSSR count). The molecule has 0 fully saturated rings. The normalized spacial score (nSPS) is 10.8. The van der Waals surface area contributed by atoms with Crippen molar-refractivity contribution >= 4 is 11.6 Å². The fourth-order valence-electron chi connectivity index (χ4n) is 2.39. The largest absolute Gasteiger partial charge is 0.386 e. The number of nitrogens with zero attached hydrogens (tertiary/aromatic N) is 1. The number of rotatable bonds is 5. The molecule has 0 bridgehead atoms. The minimum atomic E-state index is -0.416. The maximum Gasteiger partial charge on any atom is 0.267 e. The number of benzene rings is 2. The van der Waals surface area contributed by atoms with Crippen LogP contribution < -0.4 is 10.6 Å². The molecule has 0 heterocycles. The zero-order chi connectivity index (χ0) is 17.5. The van der Waals surface area contributed by atoms with Gasteiger partial charge in [-0.2, -0.15) is 5.26 Å². The van der Waals surface area contributed by atoms with Crippen LogP contribution in [0.1, 0.15) is 22.3 Å². The number of hydrogen-bond donors (Lipinski definition) is 2. The summed E-state index contributed by atoms with van der Waals surface area (Å²) in [6.45, 7) is 6.50. The summed E-state index contributed by atoms with van der Waals surface area (Å²) in [5, 5.41) is 15.0. The smallest absolute Gasteiger partial charge is 0.267 e. The maximum atomic E-state index is 12.2.